The predicted octanol–water partition coefficient (Wildman–Crippen LogP) is 1.01. The van der Waals surface area contributed by atoms with Gasteiger partial charge in [-0.05, 0) is 52.1 Å². The number of hydrogen-bond donors (Lipinski definition) is 5. The molecule has 0 amide bonds. The summed E-state index contributed by atoms with van der Waals surface area (Å²) in [5.74, 6) is -2.53. The van der Waals surface area contributed by atoms with E-state index >= 15 is 0 Å². The van der Waals surface area contributed by atoms with Gasteiger partial charge in [0.2, 0.25) is 12.1 Å². The van der Waals surface area contributed by atoms with E-state index in [1.54, 1.807) is 7.05 Å². The quantitative estimate of drug-likeness (QED) is 0.422. The predicted molar refractivity (Wildman–Crippen MR) is 121 cm³/mol. The van der Waals surface area contributed by atoms with E-state index in [4.69, 9.17) is 14.2 Å². The van der Waals surface area contributed by atoms with Gasteiger partial charge in [0.05, 0.1) is 24.4 Å². The number of aliphatic hydroxyl groups excluding tert-OH is 2. The van der Waals surface area contributed by atoms with E-state index in [0.29, 0.717) is 12.8 Å². The molecule has 0 spiro atoms. The highest BCUT2D eigenvalue weighted by molar-refractivity contribution is 5.21. The number of likely N-dealkylation sites (N-methyl/N-ethyl adjacent to an activating group) is 1. The minimum atomic E-state index is -2.12. The standard InChI is InChI=1S/C25H39NO7/c1-5-17-19(27)18(26-4)21-22(20(17)28)32-23-25(30,33-21)24(29,13-15(3)31-23)12-6-7-16-10-8-14(2)9-11-16/h8-11,15,17-23,26-30H,5-7,12-13H2,1-4H3/t15-,17-,18+,19+,20+,21-,22-,23+,24+,25-/m1/s1. The molecule has 1 aromatic rings. The second kappa shape index (κ2) is 9.51. The van der Waals surface area contributed by atoms with Crippen LogP contribution in [0, 0.1) is 12.8 Å². The van der Waals surface area contributed by atoms with Gasteiger partial charge in [-0.1, -0.05) is 36.8 Å². The molecule has 33 heavy (non-hydrogen) atoms. The molecule has 5 N–H and O–H groups in total. The van der Waals surface area contributed by atoms with Crippen molar-refractivity contribution in [2.45, 2.75) is 107 Å². The lowest BCUT2D eigenvalue weighted by molar-refractivity contribution is -0.485. The topological polar surface area (TPSA) is 121 Å². The van der Waals surface area contributed by atoms with Crippen molar-refractivity contribution in [3.8, 4) is 0 Å². The van der Waals surface area contributed by atoms with Crippen molar-refractivity contribution in [1.29, 1.82) is 0 Å². The van der Waals surface area contributed by atoms with Crippen LogP contribution in [0.1, 0.15) is 50.7 Å². The average molecular weight is 466 g/mol. The first-order valence-electron chi connectivity index (χ1n) is 12.2. The number of aryl methyl sites for hydroxylation is 2. The van der Waals surface area contributed by atoms with Gasteiger partial charge in [-0.15, -0.1) is 0 Å². The van der Waals surface area contributed by atoms with E-state index < -0.39 is 54.1 Å². The van der Waals surface area contributed by atoms with Crippen LogP contribution in [0.3, 0.4) is 0 Å². The van der Waals surface area contributed by atoms with Crippen molar-refractivity contribution in [1.82, 2.24) is 5.32 Å². The Morgan fingerprint density at radius 2 is 1.76 bits per heavy atom. The van der Waals surface area contributed by atoms with Crippen molar-refractivity contribution in [3.63, 3.8) is 0 Å². The fourth-order valence-electron chi connectivity index (χ4n) is 5.87. The molecule has 4 rings (SSSR count). The Morgan fingerprint density at radius 1 is 1.06 bits per heavy atom. The minimum absolute atomic E-state index is 0.182. The van der Waals surface area contributed by atoms with Crippen molar-refractivity contribution < 1.29 is 34.6 Å². The van der Waals surface area contributed by atoms with Gasteiger partial charge >= 0.3 is 0 Å². The zero-order chi connectivity index (χ0) is 24.0. The van der Waals surface area contributed by atoms with Crippen molar-refractivity contribution >= 4 is 0 Å². The zero-order valence-corrected chi connectivity index (χ0v) is 20.0. The summed E-state index contributed by atoms with van der Waals surface area (Å²) < 4.78 is 18.2. The molecule has 0 radical (unpaired) electrons. The molecule has 0 bridgehead atoms. The van der Waals surface area contributed by atoms with Crippen LogP contribution >= 0.6 is 0 Å². The van der Waals surface area contributed by atoms with Gasteiger partial charge in [-0.2, -0.15) is 0 Å². The van der Waals surface area contributed by atoms with Crippen LogP contribution in [-0.4, -0.2) is 81.7 Å². The first-order chi connectivity index (χ1) is 15.6. The number of aliphatic hydroxyl groups is 4. The Morgan fingerprint density at radius 3 is 2.39 bits per heavy atom. The van der Waals surface area contributed by atoms with Crippen LogP contribution in [0.15, 0.2) is 24.3 Å². The van der Waals surface area contributed by atoms with Gasteiger partial charge in [0.15, 0.2) is 0 Å². The first-order valence-corrected chi connectivity index (χ1v) is 12.2. The summed E-state index contributed by atoms with van der Waals surface area (Å²) in [5.41, 5.74) is 0.741. The highest BCUT2D eigenvalue weighted by atomic mass is 16.8. The number of hydrogen-bond acceptors (Lipinski definition) is 8. The summed E-state index contributed by atoms with van der Waals surface area (Å²) in [5, 5.41) is 48.2. The molecule has 2 heterocycles. The molecule has 3 fully saturated rings. The lowest BCUT2D eigenvalue weighted by atomic mass is 9.73. The second-order valence-electron chi connectivity index (χ2n) is 10.1. The molecule has 8 heteroatoms. The van der Waals surface area contributed by atoms with Crippen LogP contribution in [-0.2, 0) is 20.6 Å². The molecule has 0 aromatic heterocycles. The van der Waals surface area contributed by atoms with Gasteiger partial charge in [-0.25, -0.2) is 0 Å². The molecule has 186 valence electrons. The highest BCUT2D eigenvalue weighted by Gasteiger charge is 2.68. The van der Waals surface area contributed by atoms with Gasteiger partial charge in [0.25, 0.3) is 0 Å². The summed E-state index contributed by atoms with van der Waals surface area (Å²) >= 11 is 0. The molecule has 10 atom stereocenters. The Kier molecular flexibility index (Phi) is 7.21. The Balaban J connectivity index is 1.56. The Bertz CT molecular complexity index is 806. The maximum absolute atomic E-state index is 11.7. The van der Waals surface area contributed by atoms with E-state index in [0.717, 1.165) is 12.0 Å². The summed E-state index contributed by atoms with van der Waals surface area (Å²) in [6, 6.07) is 7.68. The van der Waals surface area contributed by atoms with Crippen LogP contribution in [0.25, 0.3) is 0 Å². The normalized spacial score (nSPS) is 45.3. The van der Waals surface area contributed by atoms with E-state index in [-0.39, 0.29) is 18.9 Å². The van der Waals surface area contributed by atoms with Crippen molar-refractivity contribution in [2.75, 3.05) is 7.05 Å². The summed E-state index contributed by atoms with van der Waals surface area (Å²) in [7, 11) is 1.70. The maximum Gasteiger partial charge on any atom is 0.248 e. The zero-order valence-electron chi connectivity index (χ0n) is 20.0. The molecule has 1 saturated carbocycles. The first kappa shape index (κ1) is 25.0. The maximum atomic E-state index is 11.7. The van der Waals surface area contributed by atoms with E-state index in [2.05, 4.69) is 29.6 Å². The fourth-order valence-corrected chi connectivity index (χ4v) is 5.87. The minimum Gasteiger partial charge on any atom is -0.391 e. The van der Waals surface area contributed by atoms with Crippen molar-refractivity contribution in [2.24, 2.45) is 5.92 Å². The number of rotatable bonds is 6. The molecule has 1 aliphatic carbocycles. The van der Waals surface area contributed by atoms with Crippen LogP contribution in [0.4, 0.5) is 0 Å². The van der Waals surface area contributed by atoms with Crippen LogP contribution in [0.5, 0.6) is 0 Å². The smallest absolute Gasteiger partial charge is 0.248 e. The molecule has 2 saturated heterocycles. The summed E-state index contributed by atoms with van der Waals surface area (Å²) in [4.78, 5) is 0. The summed E-state index contributed by atoms with van der Waals surface area (Å²) in [6.07, 6.45) is -2.73. The third kappa shape index (κ3) is 4.36. The van der Waals surface area contributed by atoms with Gasteiger partial charge < -0.3 is 40.0 Å². The fraction of sp³-hybridized carbons (Fsp3) is 0.760. The average Bonchev–Trinajstić information content (AvgIpc) is 2.76. The van der Waals surface area contributed by atoms with Gasteiger partial charge in [0.1, 0.15) is 17.8 Å². The molecular weight excluding hydrogens is 426 g/mol. The molecule has 3 aliphatic rings. The van der Waals surface area contributed by atoms with Gasteiger partial charge in [0, 0.05) is 12.3 Å². The van der Waals surface area contributed by atoms with Crippen LogP contribution < -0.4 is 5.32 Å². The largest absolute Gasteiger partial charge is 0.391 e. The van der Waals surface area contributed by atoms with E-state index in [9.17, 15) is 20.4 Å². The number of fused-ring (bicyclic) bond motifs is 2. The van der Waals surface area contributed by atoms with Crippen molar-refractivity contribution in [3.05, 3.63) is 35.4 Å². The SMILES string of the molecule is CC[C@@H]1[C@H](O)[C@H](NC)[C@H]2O[C@]3(O)[C@H](O[C@@H]2[C@H]1O)O[C@H](C)C[C@@]3(O)CCCc1ccc(C)cc1. The molecular formula is C25H39NO7. The lowest BCUT2D eigenvalue weighted by Crippen LogP contribution is -2.78. The highest BCUT2D eigenvalue weighted by Crippen LogP contribution is 2.49. The molecule has 0 unspecified atom stereocenters. The second-order valence-corrected chi connectivity index (χ2v) is 10.1. The monoisotopic (exact) mass is 465 g/mol. The molecule has 8 nitrogen and oxygen atoms in total. The third-order valence-corrected chi connectivity index (χ3v) is 7.80. The Labute approximate surface area is 195 Å². The third-order valence-electron chi connectivity index (χ3n) is 7.80. The van der Waals surface area contributed by atoms with Gasteiger partial charge in [-0.3, -0.25) is 0 Å². The molecule has 2 aliphatic heterocycles. The van der Waals surface area contributed by atoms with Crippen LogP contribution in [0.2, 0.25) is 0 Å². The number of ether oxygens (including phenoxy) is 3. The van der Waals surface area contributed by atoms with E-state index in [1.807, 2.05) is 20.8 Å². The number of benzene rings is 1. The Hall–Kier alpha value is -1.10. The molecule has 1 aromatic carbocycles. The summed E-state index contributed by atoms with van der Waals surface area (Å²) in [6.45, 7) is 5.77. The number of nitrogens with one attached hydrogen (secondary N) is 1. The van der Waals surface area contributed by atoms with E-state index in [1.165, 1.54) is 5.56 Å². The lowest BCUT2D eigenvalue weighted by Gasteiger charge is -2.60.